The Morgan fingerprint density at radius 3 is 2.17 bits per heavy atom. The van der Waals surface area contributed by atoms with Gasteiger partial charge in [0.2, 0.25) is 23.6 Å². The molecule has 2 aliphatic heterocycles. The standard InChI is InChI=1S/C33H55N5O4/c1-12-18-35(10)31(41)26-17-15-20-38(26)30(40)24(6)21-27(22(2)3)36(11)32(42)28(33(7,8)9)34-29(39)25-16-13-14-19-37(25)23(4)5/h1,21-23,25-28H,13-20H2,2-11H3,(H,34,39)/t25?,26-,27+,28+/m0/s1. The number of hydrogen-bond acceptors (Lipinski definition) is 5. The second kappa shape index (κ2) is 15.0. The third kappa shape index (κ3) is 8.59. The van der Waals surface area contributed by atoms with Gasteiger partial charge in [-0.3, -0.25) is 24.1 Å². The maximum atomic E-state index is 14.1. The number of rotatable bonds is 10. The Morgan fingerprint density at radius 1 is 1.00 bits per heavy atom. The predicted octanol–water partition coefficient (Wildman–Crippen LogP) is 3.29. The molecule has 2 heterocycles. The van der Waals surface area contributed by atoms with Gasteiger partial charge in [0.05, 0.1) is 18.6 Å². The molecule has 42 heavy (non-hydrogen) atoms. The minimum absolute atomic E-state index is 0.00515. The van der Waals surface area contributed by atoms with Crippen molar-refractivity contribution in [3.63, 3.8) is 0 Å². The summed E-state index contributed by atoms with van der Waals surface area (Å²) in [6, 6.07) is -1.67. The molecule has 0 radical (unpaired) electrons. The number of amides is 4. The summed E-state index contributed by atoms with van der Waals surface area (Å²) in [6.45, 7) is 17.4. The summed E-state index contributed by atoms with van der Waals surface area (Å²) in [7, 11) is 3.39. The monoisotopic (exact) mass is 585 g/mol. The topological polar surface area (TPSA) is 93.3 Å². The number of carbonyl (C=O) groups excluding carboxylic acids is 4. The number of piperidine rings is 1. The maximum absolute atomic E-state index is 14.1. The molecule has 9 heteroatoms. The second-order valence-corrected chi connectivity index (χ2v) is 13.7. The summed E-state index contributed by atoms with van der Waals surface area (Å²) >= 11 is 0. The fourth-order valence-corrected chi connectivity index (χ4v) is 6.13. The van der Waals surface area contributed by atoms with E-state index in [1.54, 1.807) is 30.8 Å². The second-order valence-electron chi connectivity index (χ2n) is 13.7. The van der Waals surface area contributed by atoms with E-state index in [4.69, 9.17) is 6.42 Å². The lowest BCUT2D eigenvalue weighted by molar-refractivity contribution is -0.142. The van der Waals surface area contributed by atoms with Gasteiger partial charge in [-0.15, -0.1) is 6.42 Å². The van der Waals surface area contributed by atoms with Gasteiger partial charge in [-0.05, 0) is 64.3 Å². The van der Waals surface area contributed by atoms with Gasteiger partial charge in [-0.1, -0.05) is 53.0 Å². The third-order valence-corrected chi connectivity index (χ3v) is 8.65. The zero-order valence-corrected chi connectivity index (χ0v) is 27.7. The number of terminal acetylenes is 1. The van der Waals surface area contributed by atoms with Crippen molar-refractivity contribution in [1.82, 2.24) is 24.9 Å². The SMILES string of the molecule is C#CCN(C)C(=O)[C@@H]1CCCN1C(=O)C(C)=C[C@H](C(C)C)N(C)C(=O)[C@@H](NC(=O)C1CCCCN1C(C)C)C(C)(C)C. The normalized spacial score (nSPS) is 21.6. The van der Waals surface area contributed by atoms with E-state index in [1.807, 2.05) is 40.7 Å². The Bertz CT molecular complexity index is 1050. The first kappa shape index (κ1) is 35.3. The molecular formula is C33H55N5O4. The van der Waals surface area contributed by atoms with Gasteiger partial charge in [0.1, 0.15) is 12.1 Å². The van der Waals surface area contributed by atoms with Crippen LogP contribution in [-0.2, 0) is 19.2 Å². The maximum Gasteiger partial charge on any atom is 0.249 e. The van der Waals surface area contributed by atoms with Crippen LogP contribution in [0.25, 0.3) is 0 Å². The molecule has 0 aromatic heterocycles. The summed E-state index contributed by atoms with van der Waals surface area (Å²) in [5.41, 5.74) is -0.0408. The van der Waals surface area contributed by atoms with E-state index < -0.39 is 17.5 Å². The molecule has 2 fully saturated rings. The first-order chi connectivity index (χ1) is 19.5. The minimum Gasteiger partial charge on any atom is -0.342 e. The molecule has 1 unspecified atom stereocenters. The highest BCUT2D eigenvalue weighted by atomic mass is 16.2. The molecule has 0 aromatic carbocycles. The molecule has 0 bridgehead atoms. The first-order valence-electron chi connectivity index (χ1n) is 15.5. The molecule has 236 valence electrons. The molecule has 0 saturated carbocycles. The molecule has 0 spiro atoms. The molecule has 2 saturated heterocycles. The van der Waals surface area contributed by atoms with Crippen LogP contribution in [0.2, 0.25) is 0 Å². The molecule has 2 rings (SSSR count). The number of hydrogen-bond donors (Lipinski definition) is 1. The fourth-order valence-electron chi connectivity index (χ4n) is 6.13. The van der Waals surface area contributed by atoms with Crippen LogP contribution in [0, 0.1) is 23.7 Å². The van der Waals surface area contributed by atoms with Crippen molar-refractivity contribution in [1.29, 1.82) is 0 Å². The van der Waals surface area contributed by atoms with Crippen LogP contribution in [-0.4, -0.2) is 107 Å². The van der Waals surface area contributed by atoms with Gasteiger partial charge in [-0.2, -0.15) is 0 Å². The lowest BCUT2D eigenvalue weighted by Gasteiger charge is -2.41. The van der Waals surface area contributed by atoms with Crippen LogP contribution in [0.4, 0.5) is 0 Å². The van der Waals surface area contributed by atoms with Crippen LogP contribution < -0.4 is 5.32 Å². The predicted molar refractivity (Wildman–Crippen MR) is 167 cm³/mol. The Labute approximate surface area is 254 Å². The summed E-state index contributed by atoms with van der Waals surface area (Å²) in [6.07, 6.45) is 11.4. The molecule has 4 atom stereocenters. The highest BCUT2D eigenvalue weighted by molar-refractivity contribution is 5.97. The van der Waals surface area contributed by atoms with Crippen LogP contribution in [0.3, 0.4) is 0 Å². The summed E-state index contributed by atoms with van der Waals surface area (Å²) in [5.74, 6) is 1.83. The Balaban J connectivity index is 2.28. The van der Waals surface area contributed by atoms with Crippen LogP contribution in [0.15, 0.2) is 11.6 Å². The van der Waals surface area contributed by atoms with Crippen molar-refractivity contribution in [3.05, 3.63) is 11.6 Å². The summed E-state index contributed by atoms with van der Waals surface area (Å²) in [4.78, 5) is 61.1. The molecule has 0 aliphatic carbocycles. The molecular weight excluding hydrogens is 530 g/mol. The van der Waals surface area contributed by atoms with E-state index in [1.165, 1.54) is 4.90 Å². The van der Waals surface area contributed by atoms with E-state index in [0.717, 1.165) is 32.2 Å². The Hall–Kier alpha value is -2.86. The minimum atomic E-state index is -0.733. The highest BCUT2D eigenvalue weighted by Gasteiger charge is 2.40. The third-order valence-electron chi connectivity index (χ3n) is 8.65. The van der Waals surface area contributed by atoms with Crippen molar-refractivity contribution in [2.45, 2.75) is 118 Å². The highest BCUT2D eigenvalue weighted by Crippen LogP contribution is 2.27. The van der Waals surface area contributed by atoms with Crippen LogP contribution in [0.5, 0.6) is 0 Å². The summed E-state index contributed by atoms with van der Waals surface area (Å²) in [5, 5.41) is 3.12. The van der Waals surface area contributed by atoms with Crippen LogP contribution in [0.1, 0.15) is 87.5 Å². The van der Waals surface area contributed by atoms with E-state index in [9.17, 15) is 19.2 Å². The Morgan fingerprint density at radius 2 is 1.62 bits per heavy atom. The molecule has 0 aromatic rings. The van der Waals surface area contributed by atoms with Crippen molar-refractivity contribution < 1.29 is 19.2 Å². The number of nitrogens with zero attached hydrogens (tertiary/aromatic N) is 4. The zero-order valence-electron chi connectivity index (χ0n) is 27.7. The molecule has 1 N–H and O–H groups in total. The van der Waals surface area contributed by atoms with Gasteiger partial charge >= 0.3 is 0 Å². The van der Waals surface area contributed by atoms with E-state index in [2.05, 4.69) is 30.0 Å². The Kier molecular flexibility index (Phi) is 12.7. The quantitative estimate of drug-likeness (QED) is 0.314. The van der Waals surface area contributed by atoms with Gasteiger partial charge < -0.3 is 20.0 Å². The van der Waals surface area contributed by atoms with Gasteiger partial charge in [0.25, 0.3) is 0 Å². The zero-order chi connectivity index (χ0) is 31.9. The number of nitrogens with one attached hydrogen (secondary N) is 1. The van der Waals surface area contributed by atoms with Crippen molar-refractivity contribution >= 4 is 23.6 Å². The van der Waals surface area contributed by atoms with Crippen molar-refractivity contribution in [2.75, 3.05) is 33.7 Å². The van der Waals surface area contributed by atoms with E-state index in [-0.39, 0.29) is 54.2 Å². The summed E-state index contributed by atoms with van der Waals surface area (Å²) < 4.78 is 0. The van der Waals surface area contributed by atoms with Crippen molar-refractivity contribution in [2.24, 2.45) is 11.3 Å². The molecule has 4 amide bonds. The fraction of sp³-hybridized carbons (Fsp3) is 0.758. The molecule has 2 aliphatic rings. The van der Waals surface area contributed by atoms with E-state index >= 15 is 0 Å². The lowest BCUT2D eigenvalue weighted by Crippen LogP contribution is -2.60. The van der Waals surface area contributed by atoms with Gasteiger partial charge in [0.15, 0.2) is 0 Å². The number of likely N-dealkylation sites (tertiary alicyclic amines) is 2. The lowest BCUT2D eigenvalue weighted by atomic mass is 9.84. The van der Waals surface area contributed by atoms with Gasteiger partial charge in [-0.25, -0.2) is 0 Å². The molecule has 9 nitrogen and oxygen atoms in total. The smallest absolute Gasteiger partial charge is 0.249 e. The average molecular weight is 586 g/mol. The van der Waals surface area contributed by atoms with Crippen LogP contribution >= 0.6 is 0 Å². The van der Waals surface area contributed by atoms with E-state index in [0.29, 0.717) is 18.5 Å². The number of likely N-dealkylation sites (N-methyl/N-ethyl adjacent to an activating group) is 2. The number of carbonyl (C=O) groups is 4. The average Bonchev–Trinajstić information content (AvgIpc) is 3.41. The van der Waals surface area contributed by atoms with Gasteiger partial charge in [0, 0.05) is 32.3 Å². The first-order valence-corrected chi connectivity index (χ1v) is 15.5. The largest absolute Gasteiger partial charge is 0.342 e. The van der Waals surface area contributed by atoms with Crippen molar-refractivity contribution in [3.8, 4) is 12.3 Å².